The summed E-state index contributed by atoms with van der Waals surface area (Å²) >= 11 is 0. The van der Waals surface area contributed by atoms with Gasteiger partial charge in [-0.05, 0) is 62.6 Å². The number of hydrogen-bond donors (Lipinski definition) is 1. The molecule has 0 radical (unpaired) electrons. The van der Waals surface area contributed by atoms with Crippen LogP contribution >= 0.6 is 0 Å². The standard InChI is InChI=1S/C24H30N2O5S/c1-3-4-16-31-24(28)19-9-11-21(12-10-19)25-23(27)20-6-5-15-26(17-20)32(29,30)22-13-7-18(2)8-14-22/h7-14,20H,3-6,15-17H2,1-2H3,(H,25,27)/t20-/m0/s1. The summed E-state index contributed by atoms with van der Waals surface area (Å²) in [6.07, 6.45) is 3.00. The van der Waals surface area contributed by atoms with E-state index in [0.717, 1.165) is 18.4 Å². The van der Waals surface area contributed by atoms with Crippen LogP contribution in [0.5, 0.6) is 0 Å². The van der Waals surface area contributed by atoms with E-state index in [4.69, 9.17) is 4.74 Å². The first-order valence-corrected chi connectivity index (χ1v) is 12.4. The smallest absolute Gasteiger partial charge is 0.338 e. The van der Waals surface area contributed by atoms with Gasteiger partial charge in [0, 0.05) is 18.8 Å². The first kappa shape index (κ1) is 23.9. The van der Waals surface area contributed by atoms with Crippen LogP contribution in [0.4, 0.5) is 5.69 Å². The van der Waals surface area contributed by atoms with Crippen molar-refractivity contribution in [3.8, 4) is 0 Å². The predicted molar refractivity (Wildman–Crippen MR) is 123 cm³/mol. The first-order chi connectivity index (χ1) is 15.3. The van der Waals surface area contributed by atoms with Gasteiger partial charge in [0.1, 0.15) is 0 Å². The molecule has 1 aliphatic heterocycles. The summed E-state index contributed by atoms with van der Waals surface area (Å²) < 4.78 is 32.5. The van der Waals surface area contributed by atoms with E-state index in [1.165, 1.54) is 4.31 Å². The van der Waals surface area contributed by atoms with Crippen LogP contribution in [0.15, 0.2) is 53.4 Å². The zero-order chi connectivity index (χ0) is 23.1. The number of carbonyl (C=O) groups is 2. The van der Waals surface area contributed by atoms with Crippen molar-refractivity contribution < 1.29 is 22.7 Å². The topological polar surface area (TPSA) is 92.8 Å². The van der Waals surface area contributed by atoms with Crippen molar-refractivity contribution in [2.45, 2.75) is 44.4 Å². The zero-order valence-corrected chi connectivity index (χ0v) is 19.4. The molecule has 1 saturated heterocycles. The van der Waals surface area contributed by atoms with Gasteiger partial charge in [0.25, 0.3) is 0 Å². The monoisotopic (exact) mass is 458 g/mol. The Morgan fingerprint density at radius 3 is 2.44 bits per heavy atom. The molecule has 0 aliphatic carbocycles. The average Bonchev–Trinajstić information content (AvgIpc) is 2.80. The summed E-state index contributed by atoms with van der Waals surface area (Å²) in [5, 5.41) is 2.84. The van der Waals surface area contributed by atoms with Crippen molar-refractivity contribution in [3.05, 3.63) is 59.7 Å². The second-order valence-corrected chi connectivity index (χ2v) is 10.0. The van der Waals surface area contributed by atoms with Crippen molar-refractivity contribution in [3.63, 3.8) is 0 Å². The molecule has 0 saturated carbocycles. The summed E-state index contributed by atoms with van der Waals surface area (Å²) in [5.41, 5.74) is 1.96. The number of amides is 1. The molecule has 0 bridgehead atoms. The number of benzene rings is 2. The van der Waals surface area contributed by atoms with E-state index in [2.05, 4.69) is 5.32 Å². The molecule has 1 amide bonds. The minimum atomic E-state index is -3.64. The van der Waals surface area contributed by atoms with Gasteiger partial charge in [-0.2, -0.15) is 4.31 Å². The number of piperidine rings is 1. The van der Waals surface area contributed by atoms with Crippen LogP contribution in [0.1, 0.15) is 48.5 Å². The van der Waals surface area contributed by atoms with Crippen LogP contribution in [0.25, 0.3) is 0 Å². The summed E-state index contributed by atoms with van der Waals surface area (Å²) in [6.45, 7) is 4.85. The van der Waals surface area contributed by atoms with E-state index in [-0.39, 0.29) is 23.3 Å². The largest absolute Gasteiger partial charge is 0.462 e. The number of rotatable bonds is 8. The highest BCUT2D eigenvalue weighted by molar-refractivity contribution is 7.89. The number of aryl methyl sites for hydroxylation is 1. The fraction of sp³-hybridized carbons (Fsp3) is 0.417. The van der Waals surface area contributed by atoms with Crippen LogP contribution < -0.4 is 5.32 Å². The summed E-state index contributed by atoms with van der Waals surface area (Å²) in [5.74, 6) is -1.06. The number of unbranched alkanes of at least 4 members (excludes halogenated alkanes) is 1. The Labute approximate surface area is 189 Å². The van der Waals surface area contributed by atoms with Crippen LogP contribution in [0.2, 0.25) is 0 Å². The molecule has 8 heteroatoms. The second kappa shape index (κ2) is 10.7. The van der Waals surface area contributed by atoms with E-state index < -0.39 is 15.9 Å². The molecule has 1 atom stereocenters. The second-order valence-electron chi connectivity index (χ2n) is 8.07. The van der Waals surface area contributed by atoms with Gasteiger partial charge >= 0.3 is 5.97 Å². The molecule has 0 spiro atoms. The highest BCUT2D eigenvalue weighted by Crippen LogP contribution is 2.25. The maximum absolute atomic E-state index is 13.0. The van der Waals surface area contributed by atoms with Crippen molar-refractivity contribution in [2.24, 2.45) is 5.92 Å². The summed E-state index contributed by atoms with van der Waals surface area (Å²) in [7, 11) is -3.64. The number of esters is 1. The van der Waals surface area contributed by atoms with Gasteiger partial charge in [-0.1, -0.05) is 31.0 Å². The van der Waals surface area contributed by atoms with Gasteiger partial charge in [0.2, 0.25) is 15.9 Å². The molecule has 0 aromatic heterocycles. The van der Waals surface area contributed by atoms with Gasteiger partial charge in [0.15, 0.2) is 0 Å². The Morgan fingerprint density at radius 1 is 1.09 bits per heavy atom. The van der Waals surface area contributed by atoms with E-state index >= 15 is 0 Å². The highest BCUT2D eigenvalue weighted by atomic mass is 32.2. The molecule has 32 heavy (non-hydrogen) atoms. The summed E-state index contributed by atoms with van der Waals surface area (Å²) in [6, 6.07) is 13.3. The van der Waals surface area contributed by atoms with Gasteiger partial charge in [-0.15, -0.1) is 0 Å². The number of anilines is 1. The molecule has 1 N–H and O–H groups in total. The fourth-order valence-corrected chi connectivity index (χ4v) is 5.08. The molecule has 7 nitrogen and oxygen atoms in total. The van der Waals surface area contributed by atoms with Gasteiger partial charge in [-0.25, -0.2) is 13.2 Å². The zero-order valence-electron chi connectivity index (χ0n) is 18.5. The lowest BCUT2D eigenvalue weighted by molar-refractivity contribution is -0.120. The van der Waals surface area contributed by atoms with Crippen LogP contribution in [-0.4, -0.2) is 44.3 Å². The molecule has 1 heterocycles. The number of hydrogen-bond acceptors (Lipinski definition) is 5. The molecule has 2 aromatic carbocycles. The normalized spacial score (nSPS) is 17.0. The Kier molecular flexibility index (Phi) is 8.04. The van der Waals surface area contributed by atoms with Crippen molar-refractivity contribution in [2.75, 3.05) is 25.0 Å². The highest BCUT2D eigenvalue weighted by Gasteiger charge is 2.33. The average molecular weight is 459 g/mol. The van der Waals surface area contributed by atoms with Crippen LogP contribution in [0, 0.1) is 12.8 Å². The lowest BCUT2D eigenvalue weighted by Crippen LogP contribution is -2.43. The van der Waals surface area contributed by atoms with Crippen molar-refractivity contribution >= 4 is 27.6 Å². The number of carbonyl (C=O) groups excluding carboxylic acids is 2. The van der Waals surface area contributed by atoms with E-state index in [0.29, 0.717) is 37.2 Å². The number of sulfonamides is 1. The van der Waals surface area contributed by atoms with E-state index in [1.807, 2.05) is 13.8 Å². The van der Waals surface area contributed by atoms with Crippen molar-refractivity contribution in [1.29, 1.82) is 0 Å². The third kappa shape index (κ3) is 5.95. The molecule has 172 valence electrons. The SMILES string of the molecule is CCCCOC(=O)c1ccc(NC(=O)[C@H]2CCCN(S(=O)(=O)c3ccc(C)cc3)C2)cc1. The maximum atomic E-state index is 13.0. The van der Waals surface area contributed by atoms with Gasteiger partial charge < -0.3 is 10.1 Å². The molecule has 0 unspecified atom stereocenters. The first-order valence-electron chi connectivity index (χ1n) is 11.0. The van der Waals surface area contributed by atoms with E-state index in [9.17, 15) is 18.0 Å². The van der Waals surface area contributed by atoms with Crippen LogP contribution in [0.3, 0.4) is 0 Å². The number of nitrogens with zero attached hydrogens (tertiary/aromatic N) is 1. The van der Waals surface area contributed by atoms with Crippen molar-refractivity contribution in [1.82, 2.24) is 4.31 Å². The number of nitrogens with one attached hydrogen (secondary N) is 1. The Hall–Kier alpha value is -2.71. The maximum Gasteiger partial charge on any atom is 0.338 e. The lowest BCUT2D eigenvalue weighted by Gasteiger charge is -2.31. The molecule has 2 aromatic rings. The minimum Gasteiger partial charge on any atom is -0.462 e. The summed E-state index contributed by atoms with van der Waals surface area (Å²) in [4.78, 5) is 25.0. The van der Waals surface area contributed by atoms with Gasteiger partial charge in [-0.3, -0.25) is 4.79 Å². The van der Waals surface area contributed by atoms with Crippen LogP contribution in [-0.2, 0) is 19.6 Å². The lowest BCUT2D eigenvalue weighted by atomic mass is 9.98. The Bertz CT molecular complexity index is 1030. The minimum absolute atomic E-state index is 0.143. The molecular formula is C24H30N2O5S. The van der Waals surface area contributed by atoms with E-state index in [1.54, 1.807) is 48.5 Å². The quantitative estimate of drug-likeness (QED) is 0.477. The molecule has 1 fully saturated rings. The third-order valence-corrected chi connectivity index (χ3v) is 7.41. The Balaban J connectivity index is 1.60. The fourth-order valence-electron chi connectivity index (χ4n) is 3.56. The predicted octanol–water partition coefficient (Wildman–Crippen LogP) is 3.99. The molecular weight excluding hydrogens is 428 g/mol. The Morgan fingerprint density at radius 2 is 1.78 bits per heavy atom. The third-order valence-electron chi connectivity index (χ3n) is 5.53. The molecule has 3 rings (SSSR count). The molecule has 1 aliphatic rings. The number of ether oxygens (including phenoxy) is 1. The van der Waals surface area contributed by atoms with Gasteiger partial charge in [0.05, 0.1) is 23.0 Å².